The highest BCUT2D eigenvalue weighted by Crippen LogP contribution is 2.38. The Morgan fingerprint density at radius 3 is 1.28 bits per heavy atom. The SMILES string of the molecule is CCCCCCCCCCCCCC/C=C\CCCCCCCCCCCCCC(=O)NC(COP(=O)([O-])OCC[N+](C)(C)C)C(O)CCCCCCCCCCCCCC. The molecule has 0 heterocycles. The summed E-state index contributed by atoms with van der Waals surface area (Å²) in [5, 5.41) is 13.9. The number of phosphoric acid groups is 1. The predicted octanol–water partition coefficient (Wildman–Crippen LogP) is 14.8. The van der Waals surface area contributed by atoms with E-state index in [2.05, 4.69) is 31.3 Å². The molecule has 0 saturated carbocycles. The summed E-state index contributed by atoms with van der Waals surface area (Å²) in [6, 6.07) is -0.796. The molecule has 0 radical (unpaired) electrons. The third-order valence-corrected chi connectivity index (χ3v) is 13.2. The third-order valence-electron chi connectivity index (χ3n) is 12.3. The van der Waals surface area contributed by atoms with Crippen molar-refractivity contribution in [2.75, 3.05) is 40.9 Å². The van der Waals surface area contributed by atoms with E-state index in [9.17, 15) is 19.4 Å². The number of likely N-dealkylation sites (N-methyl/N-ethyl adjacent to an activating group) is 1. The Morgan fingerprint density at radius 1 is 0.557 bits per heavy atom. The average Bonchev–Trinajstić information content (AvgIpc) is 3.21. The maximum atomic E-state index is 12.9. The molecule has 3 unspecified atom stereocenters. The number of aliphatic hydroxyl groups is 1. The van der Waals surface area contributed by atoms with Crippen LogP contribution in [0.2, 0.25) is 0 Å². The summed E-state index contributed by atoms with van der Waals surface area (Å²) < 4.78 is 23.3. The van der Waals surface area contributed by atoms with Gasteiger partial charge in [-0.2, -0.15) is 0 Å². The lowest BCUT2D eigenvalue weighted by Crippen LogP contribution is -2.46. The molecule has 364 valence electrons. The summed E-state index contributed by atoms with van der Waals surface area (Å²) in [7, 11) is 1.31. The highest BCUT2D eigenvalue weighted by atomic mass is 31.2. The maximum Gasteiger partial charge on any atom is 0.268 e. The number of nitrogens with zero attached hydrogens (tertiary/aromatic N) is 1. The number of quaternary nitrogens is 1. The van der Waals surface area contributed by atoms with Gasteiger partial charge in [-0.3, -0.25) is 9.36 Å². The summed E-state index contributed by atoms with van der Waals surface area (Å²) in [5.41, 5.74) is 0. The van der Waals surface area contributed by atoms with Crippen molar-refractivity contribution in [3.63, 3.8) is 0 Å². The van der Waals surface area contributed by atoms with Crippen LogP contribution in [0.1, 0.15) is 264 Å². The fourth-order valence-electron chi connectivity index (χ4n) is 8.04. The summed E-state index contributed by atoms with van der Waals surface area (Å²) >= 11 is 0. The summed E-state index contributed by atoms with van der Waals surface area (Å²) in [6.07, 6.45) is 52.4. The van der Waals surface area contributed by atoms with Crippen molar-refractivity contribution in [2.24, 2.45) is 0 Å². The van der Waals surface area contributed by atoms with Gasteiger partial charge in [0.2, 0.25) is 5.91 Å². The van der Waals surface area contributed by atoms with E-state index in [0.717, 1.165) is 38.5 Å². The number of hydrogen-bond acceptors (Lipinski definition) is 6. The van der Waals surface area contributed by atoms with E-state index in [1.807, 2.05) is 21.1 Å². The first-order chi connectivity index (χ1) is 29.5. The van der Waals surface area contributed by atoms with Crippen LogP contribution in [-0.2, 0) is 18.4 Å². The molecule has 0 fully saturated rings. The summed E-state index contributed by atoms with van der Waals surface area (Å²) in [6.45, 7) is 4.74. The van der Waals surface area contributed by atoms with Gasteiger partial charge < -0.3 is 28.8 Å². The molecule has 0 aliphatic carbocycles. The minimum absolute atomic E-state index is 0.0142. The van der Waals surface area contributed by atoms with Gasteiger partial charge in [0.1, 0.15) is 13.2 Å². The molecule has 0 aromatic carbocycles. The van der Waals surface area contributed by atoms with Crippen LogP contribution in [0.25, 0.3) is 0 Å². The van der Waals surface area contributed by atoms with E-state index in [4.69, 9.17) is 9.05 Å². The lowest BCUT2D eigenvalue weighted by molar-refractivity contribution is -0.870. The zero-order valence-electron chi connectivity index (χ0n) is 41.4. The predicted molar refractivity (Wildman–Crippen MR) is 261 cm³/mol. The van der Waals surface area contributed by atoms with Gasteiger partial charge in [-0.25, -0.2) is 0 Å². The number of amides is 1. The Kier molecular flexibility index (Phi) is 43.9. The molecule has 0 saturated heterocycles. The molecule has 0 aliphatic heterocycles. The molecule has 2 N–H and O–H groups in total. The van der Waals surface area contributed by atoms with Gasteiger partial charge >= 0.3 is 0 Å². The largest absolute Gasteiger partial charge is 0.756 e. The van der Waals surface area contributed by atoms with Gasteiger partial charge in [-0.1, -0.05) is 231 Å². The van der Waals surface area contributed by atoms with Gasteiger partial charge in [-0.15, -0.1) is 0 Å². The van der Waals surface area contributed by atoms with Crippen LogP contribution in [0, 0.1) is 0 Å². The molecule has 3 atom stereocenters. The molecule has 0 rings (SSSR count). The maximum absolute atomic E-state index is 12.9. The Morgan fingerprint density at radius 2 is 0.902 bits per heavy atom. The smallest absolute Gasteiger partial charge is 0.268 e. The van der Waals surface area contributed by atoms with Crippen molar-refractivity contribution >= 4 is 13.7 Å². The first-order valence-corrected chi connectivity index (χ1v) is 28.0. The Balaban J connectivity index is 4.08. The molecule has 0 aromatic heterocycles. The van der Waals surface area contributed by atoms with E-state index >= 15 is 0 Å². The van der Waals surface area contributed by atoms with Crippen molar-refractivity contribution in [3.8, 4) is 0 Å². The van der Waals surface area contributed by atoms with Crippen LogP contribution in [0.15, 0.2) is 12.2 Å². The molecule has 0 bridgehead atoms. The molecule has 9 heteroatoms. The van der Waals surface area contributed by atoms with Crippen molar-refractivity contribution in [1.29, 1.82) is 0 Å². The fourth-order valence-corrected chi connectivity index (χ4v) is 8.76. The van der Waals surface area contributed by atoms with Crippen LogP contribution in [0.4, 0.5) is 0 Å². The Bertz CT molecular complexity index is 1000. The number of carbonyl (C=O) groups is 1. The fraction of sp³-hybridized carbons (Fsp3) is 0.942. The topological polar surface area (TPSA) is 108 Å². The quantitative estimate of drug-likeness (QED) is 0.0273. The molecule has 0 spiro atoms. The Labute approximate surface area is 380 Å². The van der Waals surface area contributed by atoms with E-state index < -0.39 is 20.0 Å². The summed E-state index contributed by atoms with van der Waals surface area (Å²) in [4.78, 5) is 25.4. The molecule has 1 amide bonds. The van der Waals surface area contributed by atoms with E-state index in [1.54, 1.807) is 0 Å². The standard InChI is InChI=1S/C52H105N2O6P/c1-6-8-10-12-14-16-18-20-21-22-23-24-25-26-27-28-29-30-31-32-33-34-36-38-40-42-44-46-52(56)53-50(49-60-61(57,58)59-48-47-54(3,4)5)51(55)45-43-41-39-37-35-19-17-15-13-11-9-7-2/h26-27,50-51,55H,6-25,28-49H2,1-5H3,(H-,53,56,57,58)/b27-26-. The zero-order valence-corrected chi connectivity index (χ0v) is 42.3. The molecular formula is C52H105N2O6P. The molecular weight excluding hydrogens is 780 g/mol. The lowest BCUT2D eigenvalue weighted by Gasteiger charge is -2.30. The first kappa shape index (κ1) is 60.2. The van der Waals surface area contributed by atoms with Crippen molar-refractivity contribution in [2.45, 2.75) is 276 Å². The van der Waals surface area contributed by atoms with E-state index in [0.29, 0.717) is 23.9 Å². The van der Waals surface area contributed by atoms with Crippen molar-refractivity contribution in [1.82, 2.24) is 5.32 Å². The van der Waals surface area contributed by atoms with E-state index in [1.165, 1.54) is 199 Å². The number of rotatable bonds is 49. The number of carbonyl (C=O) groups excluding carboxylic acids is 1. The summed E-state index contributed by atoms with van der Waals surface area (Å²) in [5.74, 6) is -0.163. The Hall–Kier alpha value is -0.760. The second-order valence-corrected chi connectivity index (χ2v) is 21.0. The van der Waals surface area contributed by atoms with Crippen molar-refractivity contribution in [3.05, 3.63) is 12.2 Å². The number of hydrogen-bond donors (Lipinski definition) is 2. The van der Waals surface area contributed by atoms with Crippen molar-refractivity contribution < 1.29 is 32.9 Å². The van der Waals surface area contributed by atoms with Gasteiger partial charge in [0.25, 0.3) is 7.82 Å². The van der Waals surface area contributed by atoms with Crippen LogP contribution in [-0.4, -0.2) is 68.5 Å². The average molecular weight is 885 g/mol. The number of unbranched alkanes of at least 4 members (excludes halogenated alkanes) is 34. The lowest BCUT2D eigenvalue weighted by atomic mass is 10.0. The van der Waals surface area contributed by atoms with Gasteiger partial charge in [0, 0.05) is 6.42 Å². The molecule has 8 nitrogen and oxygen atoms in total. The van der Waals surface area contributed by atoms with Gasteiger partial charge in [-0.05, 0) is 38.5 Å². The second kappa shape index (κ2) is 44.4. The number of phosphoric ester groups is 1. The number of allylic oxidation sites excluding steroid dienone is 2. The second-order valence-electron chi connectivity index (χ2n) is 19.6. The first-order valence-electron chi connectivity index (χ1n) is 26.5. The molecule has 0 aromatic rings. The highest BCUT2D eigenvalue weighted by molar-refractivity contribution is 7.45. The van der Waals surface area contributed by atoms with Gasteiger partial charge in [0.05, 0.1) is 39.9 Å². The monoisotopic (exact) mass is 885 g/mol. The third kappa shape index (κ3) is 47.0. The highest BCUT2D eigenvalue weighted by Gasteiger charge is 2.24. The van der Waals surface area contributed by atoms with Crippen LogP contribution in [0.5, 0.6) is 0 Å². The minimum Gasteiger partial charge on any atom is -0.756 e. The van der Waals surface area contributed by atoms with Crippen LogP contribution in [0.3, 0.4) is 0 Å². The number of nitrogens with one attached hydrogen (secondary N) is 1. The molecule has 0 aliphatic rings. The van der Waals surface area contributed by atoms with Crippen LogP contribution < -0.4 is 10.2 Å². The van der Waals surface area contributed by atoms with Gasteiger partial charge in [0.15, 0.2) is 0 Å². The molecule has 61 heavy (non-hydrogen) atoms. The number of aliphatic hydroxyl groups excluding tert-OH is 1. The normalized spacial score (nSPS) is 14.1. The zero-order chi connectivity index (χ0) is 45.0. The van der Waals surface area contributed by atoms with Crippen LogP contribution >= 0.6 is 7.82 Å². The van der Waals surface area contributed by atoms with E-state index in [-0.39, 0.29) is 19.1 Å². The minimum atomic E-state index is -4.56.